The van der Waals surface area contributed by atoms with Gasteiger partial charge in [0.2, 0.25) is 5.91 Å². The molecule has 0 bridgehead atoms. The molecule has 0 aromatic heterocycles. The molecule has 2 aromatic rings. The van der Waals surface area contributed by atoms with E-state index in [-0.39, 0.29) is 5.91 Å². The molecule has 0 aliphatic heterocycles. The molecule has 24 heavy (non-hydrogen) atoms. The van der Waals surface area contributed by atoms with Gasteiger partial charge in [0.15, 0.2) is 0 Å². The fraction of sp³-hybridized carbons (Fsp3) is 0.316. The Labute approximate surface area is 157 Å². The predicted octanol–water partition coefficient (Wildman–Crippen LogP) is 5.28. The number of amides is 1. The van der Waals surface area contributed by atoms with Crippen molar-refractivity contribution >= 4 is 40.9 Å². The number of nitrogens with one attached hydrogen (secondary N) is 1. The molecule has 1 amide bonds. The van der Waals surface area contributed by atoms with E-state index in [0.717, 1.165) is 23.5 Å². The molecule has 0 radical (unpaired) electrons. The van der Waals surface area contributed by atoms with Crippen LogP contribution in [0.3, 0.4) is 0 Å². The topological polar surface area (TPSA) is 29.1 Å². The Morgan fingerprint density at radius 3 is 2.42 bits per heavy atom. The molecule has 0 atom stereocenters. The largest absolute Gasteiger partial charge is 0.355 e. The molecule has 0 saturated carbocycles. The predicted molar refractivity (Wildman–Crippen MR) is 105 cm³/mol. The number of carbonyl (C=O) groups is 1. The lowest BCUT2D eigenvalue weighted by molar-refractivity contribution is -0.120. The van der Waals surface area contributed by atoms with Crippen molar-refractivity contribution in [1.29, 1.82) is 0 Å². The minimum absolute atomic E-state index is 0.0898. The van der Waals surface area contributed by atoms with Crippen molar-refractivity contribution in [2.45, 2.75) is 25.5 Å². The number of rotatable bonds is 8. The first-order valence-corrected chi connectivity index (χ1v) is 9.80. The van der Waals surface area contributed by atoms with Crippen LogP contribution in [0.4, 0.5) is 0 Å². The fourth-order valence-electron chi connectivity index (χ4n) is 2.21. The second-order valence-corrected chi connectivity index (χ2v) is 7.51. The van der Waals surface area contributed by atoms with Gasteiger partial charge < -0.3 is 5.32 Å². The average Bonchev–Trinajstić information content (AvgIpc) is 2.56. The van der Waals surface area contributed by atoms with Crippen molar-refractivity contribution in [3.8, 4) is 0 Å². The van der Waals surface area contributed by atoms with Crippen molar-refractivity contribution in [1.82, 2.24) is 5.32 Å². The minimum atomic E-state index is 0.0898. The van der Waals surface area contributed by atoms with Gasteiger partial charge in [-0.1, -0.05) is 59.1 Å². The standard InChI is InChI=1S/C19H21Cl2NOS/c1-14-5-7-15(8-6-14)9-10-19(23)22-11-12-24-13-16-17(20)3-2-4-18(16)21/h2-8H,9-13H2,1H3,(H,22,23). The van der Waals surface area contributed by atoms with Crippen molar-refractivity contribution in [2.75, 3.05) is 12.3 Å². The summed E-state index contributed by atoms with van der Waals surface area (Å²) in [6, 6.07) is 13.8. The van der Waals surface area contributed by atoms with Gasteiger partial charge in [0.05, 0.1) is 0 Å². The van der Waals surface area contributed by atoms with E-state index in [1.165, 1.54) is 11.1 Å². The Hall–Kier alpha value is -1.16. The van der Waals surface area contributed by atoms with Gasteiger partial charge in [0.25, 0.3) is 0 Å². The van der Waals surface area contributed by atoms with Crippen molar-refractivity contribution in [3.05, 3.63) is 69.2 Å². The zero-order valence-corrected chi connectivity index (χ0v) is 16.0. The highest BCUT2D eigenvalue weighted by molar-refractivity contribution is 7.98. The van der Waals surface area contributed by atoms with Crippen molar-refractivity contribution in [2.24, 2.45) is 0 Å². The molecule has 0 aliphatic carbocycles. The molecule has 0 spiro atoms. The summed E-state index contributed by atoms with van der Waals surface area (Å²) in [6.07, 6.45) is 1.29. The van der Waals surface area contributed by atoms with Crippen LogP contribution in [0.5, 0.6) is 0 Å². The molecule has 0 heterocycles. The molecular weight excluding hydrogens is 361 g/mol. The van der Waals surface area contributed by atoms with Crippen molar-refractivity contribution in [3.63, 3.8) is 0 Å². The third kappa shape index (κ3) is 6.39. The lowest BCUT2D eigenvalue weighted by atomic mass is 10.1. The first-order valence-electron chi connectivity index (χ1n) is 7.89. The maximum absolute atomic E-state index is 11.9. The Morgan fingerprint density at radius 2 is 1.75 bits per heavy atom. The Bertz CT molecular complexity index is 653. The Balaban J connectivity index is 1.62. The fourth-order valence-corrected chi connectivity index (χ4v) is 3.80. The van der Waals surface area contributed by atoms with E-state index in [1.54, 1.807) is 11.8 Å². The van der Waals surface area contributed by atoms with Crippen molar-refractivity contribution < 1.29 is 4.79 Å². The molecule has 0 saturated heterocycles. The van der Waals surface area contributed by atoms with Gasteiger partial charge >= 0.3 is 0 Å². The summed E-state index contributed by atoms with van der Waals surface area (Å²) in [7, 11) is 0. The normalized spacial score (nSPS) is 10.6. The van der Waals surface area contributed by atoms with Crippen LogP contribution in [0.2, 0.25) is 10.0 Å². The lowest BCUT2D eigenvalue weighted by Gasteiger charge is -2.08. The van der Waals surface area contributed by atoms with Crippen LogP contribution in [-0.2, 0) is 17.0 Å². The highest BCUT2D eigenvalue weighted by Gasteiger charge is 2.06. The van der Waals surface area contributed by atoms with Gasteiger partial charge in [-0.3, -0.25) is 4.79 Å². The summed E-state index contributed by atoms with van der Waals surface area (Å²) in [4.78, 5) is 11.9. The van der Waals surface area contributed by atoms with Crippen LogP contribution in [0.1, 0.15) is 23.1 Å². The monoisotopic (exact) mass is 381 g/mol. The lowest BCUT2D eigenvalue weighted by Crippen LogP contribution is -2.25. The molecule has 1 N–H and O–H groups in total. The summed E-state index contributed by atoms with van der Waals surface area (Å²) >= 11 is 14.0. The average molecular weight is 382 g/mol. The molecule has 0 unspecified atom stereocenters. The van der Waals surface area contributed by atoms with E-state index in [4.69, 9.17) is 23.2 Å². The number of carbonyl (C=O) groups excluding carboxylic acids is 1. The van der Waals surface area contributed by atoms with E-state index in [1.807, 2.05) is 18.2 Å². The van der Waals surface area contributed by atoms with Gasteiger partial charge in [-0.05, 0) is 36.6 Å². The summed E-state index contributed by atoms with van der Waals surface area (Å²) in [6.45, 7) is 2.71. The van der Waals surface area contributed by atoms with E-state index >= 15 is 0 Å². The maximum atomic E-state index is 11.9. The summed E-state index contributed by atoms with van der Waals surface area (Å²) in [5, 5.41) is 4.34. The van der Waals surface area contributed by atoms with Crippen LogP contribution in [0.25, 0.3) is 0 Å². The molecule has 128 valence electrons. The molecule has 5 heteroatoms. The minimum Gasteiger partial charge on any atom is -0.355 e. The summed E-state index contributed by atoms with van der Waals surface area (Å²) in [5.74, 6) is 1.67. The molecule has 0 fully saturated rings. The van der Waals surface area contributed by atoms with Crippen LogP contribution >= 0.6 is 35.0 Å². The first-order chi connectivity index (χ1) is 11.6. The second-order valence-electron chi connectivity index (χ2n) is 5.59. The second kappa shape index (κ2) is 9.97. The van der Waals surface area contributed by atoms with E-state index < -0.39 is 0 Å². The third-order valence-corrected chi connectivity index (χ3v) is 5.33. The highest BCUT2D eigenvalue weighted by Crippen LogP contribution is 2.27. The smallest absolute Gasteiger partial charge is 0.220 e. The number of hydrogen-bond acceptors (Lipinski definition) is 2. The van der Waals surface area contributed by atoms with Gasteiger partial charge in [-0.25, -0.2) is 0 Å². The summed E-state index contributed by atoms with van der Waals surface area (Å²) < 4.78 is 0. The number of aryl methyl sites for hydroxylation is 2. The zero-order valence-electron chi connectivity index (χ0n) is 13.6. The van der Waals surface area contributed by atoms with Crippen LogP contribution < -0.4 is 5.32 Å². The quantitative estimate of drug-likeness (QED) is 0.629. The first kappa shape index (κ1) is 19.2. The number of thioether (sulfide) groups is 1. The van der Waals surface area contributed by atoms with Crippen LogP contribution in [-0.4, -0.2) is 18.2 Å². The van der Waals surface area contributed by atoms with Gasteiger partial charge in [-0.2, -0.15) is 11.8 Å². The van der Waals surface area contributed by atoms with Crippen LogP contribution in [0.15, 0.2) is 42.5 Å². The van der Waals surface area contributed by atoms with Crippen LogP contribution in [0, 0.1) is 6.92 Å². The van der Waals surface area contributed by atoms with E-state index in [0.29, 0.717) is 23.0 Å². The highest BCUT2D eigenvalue weighted by atomic mass is 35.5. The Kier molecular flexibility index (Phi) is 7.97. The van der Waals surface area contributed by atoms with E-state index in [9.17, 15) is 4.79 Å². The maximum Gasteiger partial charge on any atom is 0.220 e. The van der Waals surface area contributed by atoms with Gasteiger partial charge in [-0.15, -0.1) is 0 Å². The van der Waals surface area contributed by atoms with E-state index in [2.05, 4.69) is 36.5 Å². The Morgan fingerprint density at radius 1 is 1.08 bits per heavy atom. The van der Waals surface area contributed by atoms with Gasteiger partial charge in [0, 0.05) is 34.5 Å². The number of benzene rings is 2. The summed E-state index contributed by atoms with van der Waals surface area (Å²) in [5.41, 5.74) is 3.38. The number of halogens is 2. The molecular formula is C19H21Cl2NOS. The molecule has 2 nitrogen and oxygen atoms in total. The number of hydrogen-bond donors (Lipinski definition) is 1. The third-order valence-electron chi connectivity index (χ3n) is 3.64. The van der Waals surface area contributed by atoms with Gasteiger partial charge in [0.1, 0.15) is 0 Å². The molecule has 2 aromatic carbocycles. The zero-order chi connectivity index (χ0) is 17.4. The SMILES string of the molecule is Cc1ccc(CCC(=O)NCCSCc2c(Cl)cccc2Cl)cc1. The molecule has 0 aliphatic rings. The molecule has 2 rings (SSSR count).